The number of nitrogens with zero attached hydrogens (tertiary/aromatic N) is 1. The standard InChI is InChI=1S/C9H11IN2O4S/c1-7-8(12(13)14)3-2-4-9(7)17(15,16)11-6-5-10/h2-4,11H,5-6H2,1H3. The van der Waals surface area contributed by atoms with Gasteiger partial charge in [-0.1, -0.05) is 28.7 Å². The number of alkyl halides is 1. The highest BCUT2D eigenvalue weighted by Crippen LogP contribution is 2.24. The minimum absolute atomic E-state index is 0.0449. The molecule has 0 amide bonds. The highest BCUT2D eigenvalue weighted by atomic mass is 127. The molecule has 1 N–H and O–H groups in total. The van der Waals surface area contributed by atoms with Crippen LogP contribution in [0.3, 0.4) is 0 Å². The summed E-state index contributed by atoms with van der Waals surface area (Å²) in [6.45, 7) is 1.72. The van der Waals surface area contributed by atoms with E-state index in [0.29, 0.717) is 11.0 Å². The number of hydrogen-bond donors (Lipinski definition) is 1. The van der Waals surface area contributed by atoms with Gasteiger partial charge < -0.3 is 0 Å². The van der Waals surface area contributed by atoms with Crippen molar-refractivity contribution in [2.75, 3.05) is 11.0 Å². The van der Waals surface area contributed by atoms with E-state index in [1.165, 1.54) is 25.1 Å². The highest BCUT2D eigenvalue weighted by Gasteiger charge is 2.22. The van der Waals surface area contributed by atoms with Gasteiger partial charge in [-0.25, -0.2) is 13.1 Å². The first-order chi connectivity index (χ1) is 7.90. The summed E-state index contributed by atoms with van der Waals surface area (Å²) in [7, 11) is -3.67. The highest BCUT2D eigenvalue weighted by molar-refractivity contribution is 14.1. The van der Waals surface area contributed by atoms with Gasteiger partial charge in [-0.05, 0) is 13.0 Å². The van der Waals surface area contributed by atoms with E-state index in [1.54, 1.807) is 0 Å². The lowest BCUT2D eigenvalue weighted by Crippen LogP contribution is -2.26. The molecule has 0 aliphatic heterocycles. The molecule has 0 spiro atoms. The topological polar surface area (TPSA) is 89.3 Å². The molecule has 17 heavy (non-hydrogen) atoms. The van der Waals surface area contributed by atoms with Crippen LogP contribution in [0.4, 0.5) is 5.69 Å². The summed E-state index contributed by atoms with van der Waals surface area (Å²) < 4.78 is 26.7. The zero-order chi connectivity index (χ0) is 13.1. The molecule has 0 saturated heterocycles. The largest absolute Gasteiger partial charge is 0.273 e. The van der Waals surface area contributed by atoms with Crippen molar-refractivity contribution in [3.05, 3.63) is 33.9 Å². The third kappa shape index (κ3) is 3.36. The Bertz CT molecular complexity index is 530. The fourth-order valence-corrected chi connectivity index (χ4v) is 3.27. The number of nitro benzene ring substituents is 1. The summed E-state index contributed by atoms with van der Waals surface area (Å²) in [5, 5.41) is 10.7. The Morgan fingerprint density at radius 1 is 1.47 bits per heavy atom. The lowest BCUT2D eigenvalue weighted by atomic mass is 10.2. The molecule has 0 atom stereocenters. The Balaban J connectivity index is 3.24. The number of rotatable bonds is 5. The van der Waals surface area contributed by atoms with Crippen LogP contribution in [-0.4, -0.2) is 24.3 Å². The molecule has 0 heterocycles. The Morgan fingerprint density at radius 2 is 2.12 bits per heavy atom. The second-order valence-electron chi connectivity index (χ2n) is 3.24. The smallest absolute Gasteiger partial charge is 0.258 e. The second kappa shape index (κ2) is 5.74. The van der Waals surface area contributed by atoms with Crippen molar-refractivity contribution in [2.24, 2.45) is 0 Å². The molecule has 0 radical (unpaired) electrons. The first kappa shape index (κ1) is 14.3. The maximum absolute atomic E-state index is 11.8. The van der Waals surface area contributed by atoms with Crippen LogP contribution in [0.1, 0.15) is 5.56 Å². The van der Waals surface area contributed by atoms with Crippen molar-refractivity contribution < 1.29 is 13.3 Å². The van der Waals surface area contributed by atoms with Gasteiger partial charge in [-0.15, -0.1) is 0 Å². The Kier molecular flexibility index (Phi) is 4.83. The lowest BCUT2D eigenvalue weighted by Gasteiger charge is -2.08. The van der Waals surface area contributed by atoms with Gasteiger partial charge >= 0.3 is 0 Å². The minimum Gasteiger partial charge on any atom is -0.258 e. The zero-order valence-electron chi connectivity index (χ0n) is 9.01. The van der Waals surface area contributed by atoms with Crippen molar-refractivity contribution in [1.29, 1.82) is 0 Å². The predicted molar refractivity (Wildman–Crippen MR) is 71.9 cm³/mol. The minimum atomic E-state index is -3.67. The number of nitrogens with one attached hydrogen (secondary N) is 1. The molecular weight excluding hydrogens is 359 g/mol. The van der Waals surface area contributed by atoms with Gasteiger partial charge in [0, 0.05) is 22.6 Å². The van der Waals surface area contributed by atoms with Crippen LogP contribution in [0.25, 0.3) is 0 Å². The van der Waals surface area contributed by atoms with Crippen molar-refractivity contribution in [1.82, 2.24) is 4.72 Å². The van der Waals surface area contributed by atoms with Crippen molar-refractivity contribution in [3.8, 4) is 0 Å². The Morgan fingerprint density at radius 3 is 2.65 bits per heavy atom. The van der Waals surface area contributed by atoms with Crippen molar-refractivity contribution >= 4 is 38.3 Å². The molecule has 0 aromatic heterocycles. The molecule has 94 valence electrons. The molecule has 1 rings (SSSR count). The number of sulfonamides is 1. The fraction of sp³-hybridized carbons (Fsp3) is 0.333. The molecule has 0 saturated carbocycles. The average Bonchev–Trinajstić information content (AvgIpc) is 2.26. The summed E-state index contributed by atoms with van der Waals surface area (Å²) in [6, 6.07) is 4.01. The van der Waals surface area contributed by atoms with Crippen LogP contribution >= 0.6 is 22.6 Å². The van der Waals surface area contributed by atoms with E-state index in [4.69, 9.17) is 0 Å². The summed E-state index contributed by atoms with van der Waals surface area (Å²) >= 11 is 2.04. The number of hydrogen-bond acceptors (Lipinski definition) is 4. The van der Waals surface area contributed by atoms with Gasteiger partial charge in [0.05, 0.1) is 9.82 Å². The molecule has 0 bridgehead atoms. The van der Waals surface area contributed by atoms with E-state index in [2.05, 4.69) is 4.72 Å². The fourth-order valence-electron chi connectivity index (χ4n) is 1.34. The van der Waals surface area contributed by atoms with Crippen LogP contribution < -0.4 is 4.72 Å². The lowest BCUT2D eigenvalue weighted by molar-refractivity contribution is -0.385. The quantitative estimate of drug-likeness (QED) is 0.369. The molecular formula is C9H11IN2O4S. The molecule has 6 nitrogen and oxygen atoms in total. The maximum atomic E-state index is 11.8. The molecule has 0 fully saturated rings. The first-order valence-electron chi connectivity index (χ1n) is 4.70. The summed E-state index contributed by atoms with van der Waals surface area (Å²) in [6.07, 6.45) is 0. The molecule has 0 aliphatic rings. The van der Waals surface area contributed by atoms with Gasteiger partial charge in [0.2, 0.25) is 10.0 Å². The van der Waals surface area contributed by atoms with Crippen molar-refractivity contribution in [3.63, 3.8) is 0 Å². The zero-order valence-corrected chi connectivity index (χ0v) is 12.0. The normalized spacial score (nSPS) is 11.4. The van der Waals surface area contributed by atoms with Gasteiger partial charge in [0.15, 0.2) is 0 Å². The number of halogens is 1. The van der Waals surface area contributed by atoms with Crippen molar-refractivity contribution in [2.45, 2.75) is 11.8 Å². The Labute approximate surface area is 113 Å². The number of nitro groups is 1. The van der Waals surface area contributed by atoms with Gasteiger partial charge in [-0.2, -0.15) is 0 Å². The molecule has 0 aliphatic carbocycles. The number of benzene rings is 1. The monoisotopic (exact) mass is 370 g/mol. The van der Waals surface area contributed by atoms with E-state index in [1.807, 2.05) is 22.6 Å². The van der Waals surface area contributed by atoms with E-state index in [-0.39, 0.29) is 16.1 Å². The summed E-state index contributed by atoms with van der Waals surface area (Å²) in [5.41, 5.74) is -0.0409. The van der Waals surface area contributed by atoms with Crippen LogP contribution in [0.2, 0.25) is 0 Å². The molecule has 0 unspecified atom stereocenters. The first-order valence-corrected chi connectivity index (χ1v) is 7.70. The molecule has 1 aromatic carbocycles. The third-order valence-corrected chi connectivity index (χ3v) is 4.27. The molecule has 8 heteroatoms. The van der Waals surface area contributed by atoms with E-state index in [0.717, 1.165) is 0 Å². The molecule has 1 aromatic rings. The Hall–Kier alpha value is -0.740. The van der Waals surface area contributed by atoms with E-state index in [9.17, 15) is 18.5 Å². The van der Waals surface area contributed by atoms with Gasteiger partial charge in [0.25, 0.3) is 5.69 Å². The van der Waals surface area contributed by atoms with E-state index < -0.39 is 14.9 Å². The van der Waals surface area contributed by atoms with Gasteiger partial charge in [0.1, 0.15) is 0 Å². The average molecular weight is 370 g/mol. The van der Waals surface area contributed by atoms with Crippen LogP contribution in [0.15, 0.2) is 23.1 Å². The SMILES string of the molecule is Cc1c([N+](=O)[O-])cccc1S(=O)(=O)NCCI. The summed E-state index contributed by atoms with van der Waals surface area (Å²) in [5.74, 6) is 0. The van der Waals surface area contributed by atoms with Gasteiger partial charge in [-0.3, -0.25) is 10.1 Å². The summed E-state index contributed by atoms with van der Waals surface area (Å²) in [4.78, 5) is 10.1. The predicted octanol–water partition coefficient (Wildman–Crippen LogP) is 1.62. The maximum Gasteiger partial charge on any atom is 0.273 e. The van der Waals surface area contributed by atoms with Crippen LogP contribution in [0, 0.1) is 17.0 Å². The third-order valence-electron chi connectivity index (χ3n) is 2.13. The second-order valence-corrected chi connectivity index (χ2v) is 6.06. The van der Waals surface area contributed by atoms with Crippen LogP contribution in [0.5, 0.6) is 0 Å². The van der Waals surface area contributed by atoms with E-state index >= 15 is 0 Å². The van der Waals surface area contributed by atoms with Crippen LogP contribution in [-0.2, 0) is 10.0 Å².